The Kier molecular flexibility index (Phi) is 3.21. The third-order valence-corrected chi connectivity index (χ3v) is 5.00. The molecule has 1 fully saturated rings. The van der Waals surface area contributed by atoms with E-state index in [9.17, 15) is 8.42 Å². The molecule has 4 nitrogen and oxygen atoms in total. The Hall–Kier alpha value is -0.980. The van der Waals surface area contributed by atoms with E-state index in [1.165, 1.54) is 6.07 Å². The fraction of sp³-hybridized carbons (Fsp3) is 0.417. The zero-order valence-electron chi connectivity index (χ0n) is 10.3. The van der Waals surface area contributed by atoms with Crippen LogP contribution in [0.3, 0.4) is 0 Å². The maximum absolute atomic E-state index is 12.3. The number of nitrogens with one attached hydrogen (secondary N) is 1. The van der Waals surface area contributed by atoms with E-state index >= 15 is 0 Å². The van der Waals surface area contributed by atoms with Crippen LogP contribution in [-0.2, 0) is 10.0 Å². The second-order valence-corrected chi connectivity index (χ2v) is 7.35. The number of rotatable bonds is 4. The molecule has 1 aromatic rings. The minimum Gasteiger partial charge on any atom is -0.389 e. The Labute approximate surface area is 113 Å². The van der Waals surface area contributed by atoms with E-state index < -0.39 is 10.0 Å². The highest BCUT2D eigenvalue weighted by atomic mass is 32.2. The first-order valence-electron chi connectivity index (χ1n) is 5.65. The normalized spacial score (nSPS) is 21.6. The second kappa shape index (κ2) is 4.29. The third kappa shape index (κ3) is 2.55. The van der Waals surface area contributed by atoms with Crippen LogP contribution < -0.4 is 10.5 Å². The van der Waals surface area contributed by atoms with Crippen LogP contribution in [-0.4, -0.2) is 19.4 Å². The Morgan fingerprint density at radius 2 is 2.00 bits per heavy atom. The van der Waals surface area contributed by atoms with Crippen LogP contribution in [0.2, 0.25) is 0 Å². The van der Waals surface area contributed by atoms with Gasteiger partial charge in [-0.3, -0.25) is 0 Å². The average Bonchev–Trinajstić information content (AvgIpc) is 2.84. The summed E-state index contributed by atoms with van der Waals surface area (Å²) in [5, 5.41) is 0. The van der Waals surface area contributed by atoms with Crippen LogP contribution in [0, 0.1) is 5.41 Å². The molecular formula is C12H16N2O2S2. The van der Waals surface area contributed by atoms with Crippen molar-refractivity contribution < 1.29 is 8.42 Å². The van der Waals surface area contributed by atoms with Crippen LogP contribution in [0.25, 0.3) is 0 Å². The van der Waals surface area contributed by atoms with Gasteiger partial charge in [-0.1, -0.05) is 44.3 Å². The predicted octanol–water partition coefficient (Wildman–Crippen LogP) is 1.40. The van der Waals surface area contributed by atoms with Crippen molar-refractivity contribution in [3.8, 4) is 0 Å². The van der Waals surface area contributed by atoms with E-state index in [4.69, 9.17) is 18.0 Å². The number of thiocarbonyl (C=S) groups is 1. The fourth-order valence-corrected chi connectivity index (χ4v) is 3.70. The van der Waals surface area contributed by atoms with E-state index in [2.05, 4.69) is 4.72 Å². The van der Waals surface area contributed by atoms with Gasteiger partial charge in [0.2, 0.25) is 10.0 Å². The maximum Gasteiger partial charge on any atom is 0.241 e. The number of nitrogens with two attached hydrogens (primary N) is 1. The zero-order chi connectivity index (χ0) is 13.6. The maximum atomic E-state index is 12.3. The Morgan fingerprint density at radius 3 is 2.50 bits per heavy atom. The largest absolute Gasteiger partial charge is 0.389 e. The fourth-order valence-electron chi connectivity index (χ4n) is 1.82. The lowest BCUT2D eigenvalue weighted by Gasteiger charge is -2.11. The van der Waals surface area contributed by atoms with E-state index in [1.54, 1.807) is 18.2 Å². The smallest absolute Gasteiger partial charge is 0.241 e. The molecule has 0 aliphatic heterocycles. The molecule has 0 radical (unpaired) electrons. The minimum atomic E-state index is -3.56. The second-order valence-electron chi connectivity index (χ2n) is 5.23. The summed E-state index contributed by atoms with van der Waals surface area (Å²) >= 11 is 4.88. The van der Waals surface area contributed by atoms with Crippen LogP contribution in [0.15, 0.2) is 29.2 Å². The molecule has 0 saturated heterocycles. The Morgan fingerprint density at radius 1 is 1.44 bits per heavy atom. The van der Waals surface area contributed by atoms with Crippen LogP contribution in [0.1, 0.15) is 25.8 Å². The molecule has 1 unspecified atom stereocenters. The summed E-state index contributed by atoms with van der Waals surface area (Å²) in [5.41, 5.74) is 5.97. The molecule has 0 spiro atoms. The molecule has 1 aromatic carbocycles. The summed E-state index contributed by atoms with van der Waals surface area (Å²) in [7, 11) is -3.56. The molecule has 2 rings (SSSR count). The minimum absolute atomic E-state index is 0.0121. The number of hydrogen-bond acceptors (Lipinski definition) is 3. The monoisotopic (exact) mass is 284 g/mol. The lowest BCUT2D eigenvalue weighted by molar-refractivity contribution is 0.555. The zero-order valence-corrected chi connectivity index (χ0v) is 11.9. The van der Waals surface area contributed by atoms with E-state index in [1.807, 2.05) is 13.8 Å². The number of sulfonamides is 1. The van der Waals surface area contributed by atoms with Crippen molar-refractivity contribution in [1.82, 2.24) is 4.72 Å². The van der Waals surface area contributed by atoms with Gasteiger partial charge in [0.05, 0.1) is 4.90 Å². The van der Waals surface area contributed by atoms with Gasteiger partial charge in [0.15, 0.2) is 0 Å². The standard InChI is InChI=1S/C12H16N2O2S2/c1-12(2)7-10(12)14-18(15,16)9-6-4-3-5-8(9)11(13)17/h3-6,10,14H,7H2,1-2H3,(H2,13,17). The molecular weight excluding hydrogens is 268 g/mol. The molecule has 1 atom stereocenters. The van der Waals surface area contributed by atoms with Gasteiger partial charge in [-0.15, -0.1) is 0 Å². The van der Waals surface area contributed by atoms with Gasteiger partial charge in [0.25, 0.3) is 0 Å². The predicted molar refractivity (Wildman–Crippen MR) is 74.8 cm³/mol. The number of benzene rings is 1. The first-order valence-corrected chi connectivity index (χ1v) is 7.54. The summed E-state index contributed by atoms with van der Waals surface area (Å²) in [5.74, 6) is 0. The molecule has 0 heterocycles. The summed E-state index contributed by atoms with van der Waals surface area (Å²) in [6.07, 6.45) is 0.849. The van der Waals surface area contributed by atoms with Crippen LogP contribution >= 0.6 is 12.2 Å². The number of hydrogen-bond donors (Lipinski definition) is 2. The Balaban J connectivity index is 2.33. The molecule has 1 aliphatic rings. The van der Waals surface area contributed by atoms with E-state index in [0.717, 1.165) is 6.42 Å². The average molecular weight is 284 g/mol. The van der Waals surface area contributed by atoms with Crippen molar-refractivity contribution >= 4 is 27.2 Å². The highest BCUT2D eigenvalue weighted by molar-refractivity contribution is 7.89. The highest BCUT2D eigenvalue weighted by Gasteiger charge is 2.48. The van der Waals surface area contributed by atoms with Gasteiger partial charge in [0, 0.05) is 11.6 Å². The van der Waals surface area contributed by atoms with E-state index in [-0.39, 0.29) is 21.3 Å². The molecule has 6 heteroatoms. The van der Waals surface area contributed by atoms with Crippen molar-refractivity contribution in [2.24, 2.45) is 11.1 Å². The first kappa shape index (κ1) is 13.5. The molecule has 18 heavy (non-hydrogen) atoms. The Bertz CT molecular complexity index is 594. The molecule has 0 amide bonds. The van der Waals surface area contributed by atoms with Crippen molar-refractivity contribution in [3.63, 3.8) is 0 Å². The third-order valence-electron chi connectivity index (χ3n) is 3.25. The van der Waals surface area contributed by atoms with Crippen molar-refractivity contribution in [2.75, 3.05) is 0 Å². The summed E-state index contributed by atoms with van der Waals surface area (Å²) < 4.78 is 27.2. The quantitative estimate of drug-likeness (QED) is 0.820. The first-order chi connectivity index (χ1) is 8.24. The summed E-state index contributed by atoms with van der Waals surface area (Å²) in [6, 6.07) is 6.51. The van der Waals surface area contributed by atoms with Gasteiger partial charge in [-0.25, -0.2) is 13.1 Å². The van der Waals surface area contributed by atoms with Crippen molar-refractivity contribution in [2.45, 2.75) is 31.2 Å². The van der Waals surface area contributed by atoms with E-state index in [0.29, 0.717) is 5.56 Å². The lowest BCUT2D eigenvalue weighted by atomic mass is 10.2. The lowest BCUT2D eigenvalue weighted by Crippen LogP contribution is -2.30. The van der Waals surface area contributed by atoms with Crippen molar-refractivity contribution in [3.05, 3.63) is 29.8 Å². The van der Waals surface area contributed by atoms with Crippen LogP contribution in [0.4, 0.5) is 0 Å². The molecule has 3 N–H and O–H groups in total. The topological polar surface area (TPSA) is 72.2 Å². The van der Waals surface area contributed by atoms with Gasteiger partial charge in [-0.05, 0) is 17.9 Å². The van der Waals surface area contributed by atoms with Gasteiger partial charge in [0.1, 0.15) is 4.99 Å². The molecule has 1 saturated carbocycles. The summed E-state index contributed by atoms with van der Waals surface area (Å²) in [4.78, 5) is 0.242. The molecule has 0 bridgehead atoms. The molecule has 0 aromatic heterocycles. The van der Waals surface area contributed by atoms with Crippen molar-refractivity contribution in [1.29, 1.82) is 0 Å². The highest BCUT2D eigenvalue weighted by Crippen LogP contribution is 2.45. The molecule has 98 valence electrons. The SMILES string of the molecule is CC1(C)CC1NS(=O)(=O)c1ccccc1C(N)=S. The summed E-state index contributed by atoms with van der Waals surface area (Å²) in [6.45, 7) is 4.05. The van der Waals surface area contributed by atoms with Gasteiger partial charge in [-0.2, -0.15) is 0 Å². The van der Waals surface area contributed by atoms with Gasteiger partial charge < -0.3 is 5.73 Å². The van der Waals surface area contributed by atoms with Gasteiger partial charge >= 0.3 is 0 Å². The molecule has 1 aliphatic carbocycles. The van der Waals surface area contributed by atoms with Crippen LogP contribution in [0.5, 0.6) is 0 Å².